The van der Waals surface area contributed by atoms with Crippen LogP contribution < -0.4 is 0 Å². The predicted molar refractivity (Wildman–Crippen MR) is 55.3 cm³/mol. The second-order valence-corrected chi connectivity index (χ2v) is 4.14. The molecule has 1 aromatic rings. The van der Waals surface area contributed by atoms with Gasteiger partial charge >= 0.3 is 0 Å². The molecule has 0 spiro atoms. The second kappa shape index (κ2) is 4.47. The van der Waals surface area contributed by atoms with Gasteiger partial charge in [0.2, 0.25) is 0 Å². The van der Waals surface area contributed by atoms with Crippen LogP contribution in [0.5, 0.6) is 0 Å². The monoisotopic (exact) mass is 230 g/mol. The Bertz CT molecular complexity index is 350. The van der Waals surface area contributed by atoms with Crippen molar-refractivity contribution in [3.63, 3.8) is 0 Å². The van der Waals surface area contributed by atoms with Gasteiger partial charge in [-0.25, -0.2) is 4.39 Å². The smallest absolute Gasteiger partial charge is 0.124 e. The van der Waals surface area contributed by atoms with Crippen LogP contribution in [-0.4, -0.2) is 18.3 Å². The van der Waals surface area contributed by atoms with Crippen molar-refractivity contribution in [3.05, 3.63) is 34.6 Å². The molecule has 0 bridgehead atoms. The molecule has 2 atom stereocenters. The molecule has 4 heteroatoms. The van der Waals surface area contributed by atoms with Crippen LogP contribution in [0.2, 0.25) is 5.02 Å². The van der Waals surface area contributed by atoms with E-state index in [-0.39, 0.29) is 10.9 Å². The number of benzene rings is 1. The van der Waals surface area contributed by atoms with E-state index in [9.17, 15) is 9.50 Å². The van der Waals surface area contributed by atoms with Gasteiger partial charge in [-0.15, -0.1) is 0 Å². The minimum Gasteiger partial charge on any atom is -0.388 e. The van der Waals surface area contributed by atoms with Gasteiger partial charge in [-0.2, -0.15) is 0 Å². The molecule has 1 N–H and O–H groups in total. The van der Waals surface area contributed by atoms with Crippen LogP contribution in [0, 0.1) is 11.7 Å². The van der Waals surface area contributed by atoms with Crippen LogP contribution in [-0.2, 0) is 4.74 Å². The van der Waals surface area contributed by atoms with Crippen molar-refractivity contribution in [2.24, 2.45) is 5.92 Å². The summed E-state index contributed by atoms with van der Waals surface area (Å²) in [7, 11) is 0. The summed E-state index contributed by atoms with van der Waals surface area (Å²) in [6.45, 7) is 1.20. The number of hydrogen-bond donors (Lipinski definition) is 1. The lowest BCUT2D eigenvalue weighted by atomic mass is 9.95. The molecule has 2 rings (SSSR count). The quantitative estimate of drug-likeness (QED) is 0.846. The van der Waals surface area contributed by atoms with Gasteiger partial charge < -0.3 is 9.84 Å². The fourth-order valence-corrected chi connectivity index (χ4v) is 2.08. The summed E-state index contributed by atoms with van der Waals surface area (Å²) < 4.78 is 18.0. The van der Waals surface area contributed by atoms with Crippen molar-refractivity contribution < 1.29 is 14.2 Å². The molecule has 0 amide bonds. The zero-order chi connectivity index (χ0) is 10.8. The fraction of sp³-hybridized carbons (Fsp3) is 0.455. The molecule has 0 aromatic heterocycles. The van der Waals surface area contributed by atoms with E-state index in [1.54, 1.807) is 0 Å². The van der Waals surface area contributed by atoms with Crippen molar-refractivity contribution in [1.82, 2.24) is 0 Å². The first-order chi connectivity index (χ1) is 7.18. The maximum atomic E-state index is 12.8. The zero-order valence-corrected chi connectivity index (χ0v) is 8.88. The molecule has 82 valence electrons. The Morgan fingerprint density at radius 1 is 1.53 bits per heavy atom. The third kappa shape index (κ3) is 2.30. The van der Waals surface area contributed by atoms with Crippen LogP contribution >= 0.6 is 11.6 Å². The van der Waals surface area contributed by atoms with Crippen LogP contribution in [0.4, 0.5) is 4.39 Å². The van der Waals surface area contributed by atoms with Crippen molar-refractivity contribution in [2.75, 3.05) is 13.2 Å². The zero-order valence-electron chi connectivity index (χ0n) is 8.12. The van der Waals surface area contributed by atoms with Crippen LogP contribution in [0.25, 0.3) is 0 Å². The molecule has 1 aromatic carbocycles. The van der Waals surface area contributed by atoms with Crippen LogP contribution in [0.1, 0.15) is 18.1 Å². The highest BCUT2D eigenvalue weighted by molar-refractivity contribution is 6.31. The summed E-state index contributed by atoms with van der Waals surface area (Å²) >= 11 is 5.86. The van der Waals surface area contributed by atoms with Gasteiger partial charge in [-0.3, -0.25) is 0 Å². The van der Waals surface area contributed by atoms with E-state index < -0.39 is 11.9 Å². The number of ether oxygens (including phenoxy) is 1. The van der Waals surface area contributed by atoms with E-state index in [1.807, 2.05) is 0 Å². The molecule has 0 radical (unpaired) electrons. The van der Waals surface area contributed by atoms with E-state index in [2.05, 4.69) is 0 Å². The van der Waals surface area contributed by atoms with E-state index in [4.69, 9.17) is 16.3 Å². The van der Waals surface area contributed by atoms with Gasteiger partial charge in [-0.05, 0) is 24.1 Å². The highest BCUT2D eigenvalue weighted by atomic mass is 35.5. The van der Waals surface area contributed by atoms with Gasteiger partial charge in [0, 0.05) is 17.5 Å². The van der Waals surface area contributed by atoms with E-state index in [0.29, 0.717) is 18.8 Å². The minimum atomic E-state index is -0.666. The van der Waals surface area contributed by atoms with E-state index in [0.717, 1.165) is 6.42 Å². The van der Waals surface area contributed by atoms with Gasteiger partial charge in [0.25, 0.3) is 0 Å². The summed E-state index contributed by atoms with van der Waals surface area (Å²) in [5, 5.41) is 10.3. The predicted octanol–water partition coefficient (Wildman–Crippen LogP) is 2.55. The Morgan fingerprint density at radius 3 is 2.93 bits per heavy atom. The van der Waals surface area contributed by atoms with Crippen molar-refractivity contribution >= 4 is 11.6 Å². The lowest BCUT2D eigenvalue weighted by Crippen LogP contribution is -2.12. The largest absolute Gasteiger partial charge is 0.388 e. The molecular formula is C11H12ClFO2. The molecule has 1 saturated heterocycles. The van der Waals surface area contributed by atoms with Gasteiger partial charge in [-0.1, -0.05) is 17.7 Å². The molecule has 1 heterocycles. The number of aliphatic hydroxyl groups is 1. The first-order valence-electron chi connectivity index (χ1n) is 4.89. The number of aliphatic hydroxyl groups excluding tert-OH is 1. The lowest BCUT2D eigenvalue weighted by molar-refractivity contribution is 0.0918. The standard InChI is InChI=1S/C11H12ClFO2/c12-10-5-8(13)1-2-9(10)11(14)7-3-4-15-6-7/h1-2,5,7,11,14H,3-4,6H2. The van der Waals surface area contributed by atoms with Crippen LogP contribution in [0.15, 0.2) is 18.2 Å². The Kier molecular flexibility index (Phi) is 3.24. The molecule has 1 fully saturated rings. The fourth-order valence-electron chi connectivity index (χ4n) is 1.80. The van der Waals surface area contributed by atoms with E-state index >= 15 is 0 Å². The van der Waals surface area contributed by atoms with Gasteiger partial charge in [0.15, 0.2) is 0 Å². The topological polar surface area (TPSA) is 29.5 Å². The lowest BCUT2D eigenvalue weighted by Gasteiger charge is -2.17. The van der Waals surface area contributed by atoms with E-state index in [1.165, 1.54) is 18.2 Å². The first-order valence-corrected chi connectivity index (χ1v) is 5.27. The van der Waals surface area contributed by atoms with Crippen molar-refractivity contribution in [3.8, 4) is 0 Å². The number of hydrogen-bond acceptors (Lipinski definition) is 2. The summed E-state index contributed by atoms with van der Waals surface area (Å²) in [5.41, 5.74) is 0.577. The average Bonchev–Trinajstić information content (AvgIpc) is 2.69. The minimum absolute atomic E-state index is 0.0629. The molecule has 1 aliphatic rings. The SMILES string of the molecule is OC(c1ccc(F)cc1Cl)C1CCOC1. The first kappa shape index (κ1) is 10.9. The van der Waals surface area contributed by atoms with Gasteiger partial charge in [0.1, 0.15) is 5.82 Å². The molecule has 2 nitrogen and oxygen atoms in total. The third-order valence-electron chi connectivity index (χ3n) is 2.69. The highest BCUT2D eigenvalue weighted by Crippen LogP contribution is 2.32. The summed E-state index contributed by atoms with van der Waals surface area (Å²) in [6.07, 6.45) is 0.148. The Labute approximate surface area is 92.6 Å². The molecule has 0 aliphatic carbocycles. The highest BCUT2D eigenvalue weighted by Gasteiger charge is 2.26. The molecule has 2 unspecified atom stereocenters. The number of halogens is 2. The summed E-state index contributed by atoms with van der Waals surface area (Å²) in [5.74, 6) is -0.327. The molecule has 15 heavy (non-hydrogen) atoms. The Morgan fingerprint density at radius 2 is 2.33 bits per heavy atom. The summed E-state index contributed by atoms with van der Waals surface area (Å²) in [6, 6.07) is 4.05. The molecular weight excluding hydrogens is 219 g/mol. The Balaban J connectivity index is 2.20. The van der Waals surface area contributed by atoms with Gasteiger partial charge in [0.05, 0.1) is 12.7 Å². The average molecular weight is 231 g/mol. The van der Waals surface area contributed by atoms with Crippen molar-refractivity contribution in [1.29, 1.82) is 0 Å². The summed E-state index contributed by atoms with van der Waals surface area (Å²) in [4.78, 5) is 0. The van der Waals surface area contributed by atoms with Crippen molar-refractivity contribution in [2.45, 2.75) is 12.5 Å². The third-order valence-corrected chi connectivity index (χ3v) is 3.02. The Hall–Kier alpha value is -0.640. The molecule has 0 saturated carbocycles. The molecule has 1 aliphatic heterocycles. The maximum absolute atomic E-state index is 12.8. The number of rotatable bonds is 2. The second-order valence-electron chi connectivity index (χ2n) is 3.73. The maximum Gasteiger partial charge on any atom is 0.124 e. The van der Waals surface area contributed by atoms with Crippen LogP contribution in [0.3, 0.4) is 0 Å². The normalized spacial score (nSPS) is 23.0.